The highest BCUT2D eigenvalue weighted by Gasteiger charge is 2.21. The van der Waals surface area contributed by atoms with E-state index in [2.05, 4.69) is 32.1 Å². The number of nitrogens with one attached hydrogen (secondary N) is 3. The van der Waals surface area contributed by atoms with E-state index in [0.29, 0.717) is 5.56 Å². The Morgan fingerprint density at radius 3 is 2.14 bits per heavy atom. The van der Waals surface area contributed by atoms with E-state index in [1.54, 1.807) is 45.0 Å². The molecule has 1 aromatic rings. The molecular formula is C14H18BrN3O3. The van der Waals surface area contributed by atoms with Crippen LogP contribution in [-0.4, -0.2) is 24.3 Å². The second-order valence-corrected chi connectivity index (χ2v) is 6.36. The van der Waals surface area contributed by atoms with Crippen LogP contribution in [0.15, 0.2) is 28.7 Å². The summed E-state index contributed by atoms with van der Waals surface area (Å²) in [5, 5.41) is 2.48. The van der Waals surface area contributed by atoms with Crippen LogP contribution in [0.5, 0.6) is 0 Å². The number of hydrogen-bond donors (Lipinski definition) is 3. The Kier molecular flexibility index (Phi) is 5.90. The molecule has 0 bridgehead atoms. The van der Waals surface area contributed by atoms with Crippen molar-refractivity contribution in [1.82, 2.24) is 16.2 Å². The number of benzene rings is 1. The van der Waals surface area contributed by atoms with Crippen LogP contribution in [0.1, 0.15) is 31.1 Å². The van der Waals surface area contributed by atoms with Gasteiger partial charge in [0.05, 0.1) is 6.54 Å². The molecule has 0 heterocycles. The van der Waals surface area contributed by atoms with E-state index in [9.17, 15) is 14.4 Å². The summed E-state index contributed by atoms with van der Waals surface area (Å²) in [5.41, 5.74) is 4.36. The van der Waals surface area contributed by atoms with Gasteiger partial charge in [-0.2, -0.15) is 0 Å². The van der Waals surface area contributed by atoms with Crippen LogP contribution in [0.4, 0.5) is 0 Å². The first kappa shape index (κ1) is 17.2. The maximum atomic E-state index is 11.7. The molecule has 1 rings (SSSR count). The average Bonchev–Trinajstić information content (AvgIpc) is 2.41. The van der Waals surface area contributed by atoms with E-state index < -0.39 is 17.2 Å². The highest BCUT2D eigenvalue weighted by Crippen LogP contribution is 2.12. The highest BCUT2D eigenvalue weighted by atomic mass is 79.9. The van der Waals surface area contributed by atoms with E-state index in [-0.39, 0.29) is 12.5 Å². The van der Waals surface area contributed by atoms with E-state index in [1.165, 1.54) is 0 Å². The van der Waals surface area contributed by atoms with Crippen molar-refractivity contribution in [1.29, 1.82) is 0 Å². The summed E-state index contributed by atoms with van der Waals surface area (Å²) in [5.74, 6) is -1.17. The van der Waals surface area contributed by atoms with Crippen LogP contribution < -0.4 is 16.2 Å². The predicted octanol–water partition coefficient (Wildman–Crippen LogP) is 1.37. The Labute approximate surface area is 131 Å². The standard InChI is InChI=1S/C14H18BrN3O3/c1-14(2,3)13(21)16-8-11(19)17-18-12(20)9-4-6-10(15)7-5-9/h4-7H,8H2,1-3H3,(H,16,21)(H,17,19)(H,18,20). The SMILES string of the molecule is CC(C)(C)C(=O)NCC(=O)NNC(=O)c1ccc(Br)cc1. The molecule has 0 aliphatic rings. The van der Waals surface area contributed by atoms with Crippen LogP contribution in [0.2, 0.25) is 0 Å². The maximum Gasteiger partial charge on any atom is 0.269 e. The van der Waals surface area contributed by atoms with Crippen molar-refractivity contribution >= 4 is 33.7 Å². The van der Waals surface area contributed by atoms with Gasteiger partial charge in [0, 0.05) is 15.5 Å². The Morgan fingerprint density at radius 2 is 1.62 bits per heavy atom. The average molecular weight is 356 g/mol. The van der Waals surface area contributed by atoms with Crippen molar-refractivity contribution in [3.63, 3.8) is 0 Å². The molecule has 21 heavy (non-hydrogen) atoms. The van der Waals surface area contributed by atoms with E-state index in [1.807, 2.05) is 0 Å². The summed E-state index contributed by atoms with van der Waals surface area (Å²) >= 11 is 3.27. The van der Waals surface area contributed by atoms with Gasteiger partial charge < -0.3 is 5.32 Å². The molecule has 1 aromatic carbocycles. The van der Waals surface area contributed by atoms with Gasteiger partial charge in [0.25, 0.3) is 11.8 Å². The molecule has 0 unspecified atom stereocenters. The highest BCUT2D eigenvalue weighted by molar-refractivity contribution is 9.10. The van der Waals surface area contributed by atoms with Crippen molar-refractivity contribution in [2.75, 3.05) is 6.54 Å². The van der Waals surface area contributed by atoms with Gasteiger partial charge in [-0.3, -0.25) is 25.2 Å². The summed E-state index contributed by atoms with van der Waals surface area (Å²) in [6.45, 7) is 5.04. The largest absolute Gasteiger partial charge is 0.347 e. The van der Waals surface area contributed by atoms with E-state index in [0.717, 1.165) is 4.47 Å². The van der Waals surface area contributed by atoms with Crippen molar-refractivity contribution in [3.05, 3.63) is 34.3 Å². The Morgan fingerprint density at radius 1 is 1.05 bits per heavy atom. The van der Waals surface area contributed by atoms with Gasteiger partial charge in [-0.15, -0.1) is 0 Å². The molecule has 0 fully saturated rings. The van der Waals surface area contributed by atoms with Crippen molar-refractivity contribution < 1.29 is 14.4 Å². The summed E-state index contributed by atoms with van der Waals surface area (Å²) in [7, 11) is 0. The fourth-order valence-corrected chi connectivity index (χ4v) is 1.53. The van der Waals surface area contributed by atoms with Crippen molar-refractivity contribution in [2.24, 2.45) is 5.41 Å². The maximum absolute atomic E-state index is 11.7. The third-order valence-corrected chi connectivity index (χ3v) is 3.04. The molecule has 6 nitrogen and oxygen atoms in total. The molecule has 7 heteroatoms. The van der Waals surface area contributed by atoms with Gasteiger partial charge in [0.1, 0.15) is 0 Å². The molecule has 3 N–H and O–H groups in total. The zero-order valence-electron chi connectivity index (χ0n) is 12.1. The molecule has 0 atom stereocenters. The molecule has 0 saturated carbocycles. The second kappa shape index (κ2) is 7.21. The summed E-state index contributed by atoms with van der Waals surface area (Å²) in [6.07, 6.45) is 0. The topological polar surface area (TPSA) is 87.3 Å². The van der Waals surface area contributed by atoms with E-state index >= 15 is 0 Å². The third-order valence-electron chi connectivity index (χ3n) is 2.51. The quantitative estimate of drug-likeness (QED) is 0.715. The third kappa shape index (κ3) is 5.95. The van der Waals surface area contributed by atoms with Gasteiger partial charge in [-0.05, 0) is 24.3 Å². The molecule has 0 aliphatic heterocycles. The number of hydrazine groups is 1. The lowest BCUT2D eigenvalue weighted by atomic mass is 9.96. The fraction of sp³-hybridized carbons (Fsp3) is 0.357. The van der Waals surface area contributed by atoms with Crippen LogP contribution >= 0.6 is 15.9 Å². The summed E-state index contributed by atoms with van der Waals surface area (Å²) in [4.78, 5) is 34.8. The molecule has 3 amide bonds. The number of amides is 3. The first-order valence-corrected chi connectivity index (χ1v) is 7.12. The Balaban J connectivity index is 2.38. The summed E-state index contributed by atoms with van der Waals surface area (Å²) in [6, 6.07) is 6.68. The zero-order valence-corrected chi connectivity index (χ0v) is 13.7. The predicted molar refractivity (Wildman–Crippen MR) is 82.2 cm³/mol. The minimum absolute atomic E-state index is 0.198. The lowest BCUT2D eigenvalue weighted by Crippen LogP contribution is -2.47. The molecule has 0 aromatic heterocycles. The van der Waals surface area contributed by atoms with Gasteiger partial charge in [0.15, 0.2) is 0 Å². The van der Waals surface area contributed by atoms with Crippen molar-refractivity contribution in [3.8, 4) is 0 Å². The molecule has 0 aliphatic carbocycles. The lowest BCUT2D eigenvalue weighted by Gasteiger charge is -2.17. The normalized spacial score (nSPS) is 10.7. The van der Waals surface area contributed by atoms with Crippen LogP contribution in [0.3, 0.4) is 0 Å². The minimum Gasteiger partial charge on any atom is -0.347 e. The lowest BCUT2D eigenvalue weighted by molar-refractivity contribution is -0.131. The first-order chi connectivity index (χ1) is 9.70. The number of hydrogen-bond acceptors (Lipinski definition) is 3. The van der Waals surface area contributed by atoms with Gasteiger partial charge in [-0.1, -0.05) is 36.7 Å². The van der Waals surface area contributed by atoms with Gasteiger partial charge in [-0.25, -0.2) is 0 Å². The fourth-order valence-electron chi connectivity index (χ4n) is 1.27. The van der Waals surface area contributed by atoms with Gasteiger partial charge >= 0.3 is 0 Å². The summed E-state index contributed by atoms with van der Waals surface area (Å²) < 4.78 is 0.855. The Bertz CT molecular complexity index is 535. The van der Waals surface area contributed by atoms with Crippen molar-refractivity contribution in [2.45, 2.75) is 20.8 Å². The molecule has 114 valence electrons. The minimum atomic E-state index is -0.568. The Hall–Kier alpha value is -1.89. The number of carbonyl (C=O) groups excluding carboxylic acids is 3. The van der Waals surface area contributed by atoms with Crippen LogP contribution in [0, 0.1) is 5.41 Å². The first-order valence-electron chi connectivity index (χ1n) is 6.33. The van der Waals surface area contributed by atoms with E-state index in [4.69, 9.17) is 0 Å². The van der Waals surface area contributed by atoms with Crippen LogP contribution in [0.25, 0.3) is 0 Å². The monoisotopic (exact) mass is 355 g/mol. The number of rotatable bonds is 3. The smallest absolute Gasteiger partial charge is 0.269 e. The second-order valence-electron chi connectivity index (χ2n) is 5.44. The van der Waals surface area contributed by atoms with Crippen LogP contribution in [-0.2, 0) is 9.59 Å². The zero-order chi connectivity index (χ0) is 16.0. The van der Waals surface area contributed by atoms with Gasteiger partial charge in [0.2, 0.25) is 5.91 Å². The molecule has 0 radical (unpaired) electrons. The number of halogens is 1. The molecule has 0 saturated heterocycles. The molecular weight excluding hydrogens is 338 g/mol. The number of carbonyl (C=O) groups is 3. The molecule has 0 spiro atoms.